The Morgan fingerprint density at radius 3 is 2.67 bits per heavy atom. The van der Waals surface area contributed by atoms with Crippen LogP contribution in [-0.4, -0.2) is 37.0 Å². The van der Waals surface area contributed by atoms with Crippen LogP contribution >= 0.6 is 0 Å². The quantitative estimate of drug-likeness (QED) is 0.601. The summed E-state index contributed by atoms with van der Waals surface area (Å²) in [4.78, 5) is 0. The molecule has 0 fully saturated rings. The average molecular weight is 316 g/mol. The highest BCUT2D eigenvalue weighted by Gasteiger charge is 2.12. The number of nitrogens with one attached hydrogen (secondary N) is 2. The summed E-state index contributed by atoms with van der Waals surface area (Å²) in [5.74, 6) is 0.183. The fourth-order valence-electron chi connectivity index (χ4n) is 2.13. The highest BCUT2D eigenvalue weighted by atomic mass is 32.2. The van der Waals surface area contributed by atoms with Crippen molar-refractivity contribution in [2.45, 2.75) is 46.1 Å². The Labute approximate surface area is 128 Å². The summed E-state index contributed by atoms with van der Waals surface area (Å²) in [5, 5.41) is 7.58. The largest absolute Gasteiger partial charge is 0.317 e. The summed E-state index contributed by atoms with van der Waals surface area (Å²) >= 11 is 0. The third-order valence-electron chi connectivity index (χ3n) is 3.25. The smallest absolute Gasteiger partial charge is 0.211 e. The van der Waals surface area contributed by atoms with Crippen molar-refractivity contribution in [1.29, 1.82) is 0 Å². The standard InChI is InChI=1S/C14H28N4O2S/c1-4-8-15-9-6-7-10-21(19,20)16-11-13-12-18(3)17-14(13)5-2/h12,15-16H,4-11H2,1-3H3. The van der Waals surface area contributed by atoms with E-state index in [1.807, 2.05) is 20.2 Å². The number of nitrogens with zero attached hydrogens (tertiary/aromatic N) is 2. The monoisotopic (exact) mass is 316 g/mol. The van der Waals surface area contributed by atoms with Crippen LogP contribution in [0.3, 0.4) is 0 Å². The lowest BCUT2D eigenvalue weighted by Crippen LogP contribution is -2.26. The summed E-state index contributed by atoms with van der Waals surface area (Å²) in [6.45, 7) is 6.33. The molecule has 1 aromatic heterocycles. The lowest BCUT2D eigenvalue weighted by Gasteiger charge is -2.07. The van der Waals surface area contributed by atoms with Gasteiger partial charge in [0.05, 0.1) is 11.4 Å². The molecule has 7 heteroatoms. The van der Waals surface area contributed by atoms with Gasteiger partial charge < -0.3 is 5.32 Å². The first-order chi connectivity index (χ1) is 9.98. The number of hydrogen-bond acceptors (Lipinski definition) is 4. The van der Waals surface area contributed by atoms with Gasteiger partial charge in [-0.25, -0.2) is 13.1 Å². The molecule has 0 aromatic carbocycles. The van der Waals surface area contributed by atoms with Crippen molar-refractivity contribution in [2.75, 3.05) is 18.8 Å². The van der Waals surface area contributed by atoms with E-state index in [2.05, 4.69) is 22.1 Å². The summed E-state index contributed by atoms with van der Waals surface area (Å²) in [5.41, 5.74) is 1.90. The fraction of sp³-hybridized carbons (Fsp3) is 0.786. The molecule has 0 aliphatic heterocycles. The minimum atomic E-state index is -3.20. The molecule has 1 rings (SSSR count). The van der Waals surface area contributed by atoms with Crippen LogP contribution in [-0.2, 0) is 30.0 Å². The van der Waals surface area contributed by atoms with Crippen molar-refractivity contribution in [3.8, 4) is 0 Å². The van der Waals surface area contributed by atoms with E-state index in [1.54, 1.807) is 4.68 Å². The van der Waals surface area contributed by atoms with Gasteiger partial charge in [0.15, 0.2) is 0 Å². The van der Waals surface area contributed by atoms with Gasteiger partial charge in [-0.1, -0.05) is 13.8 Å². The molecule has 2 N–H and O–H groups in total. The van der Waals surface area contributed by atoms with E-state index >= 15 is 0 Å². The van der Waals surface area contributed by atoms with Crippen LogP contribution in [0, 0.1) is 0 Å². The molecule has 1 heterocycles. The summed E-state index contributed by atoms with van der Waals surface area (Å²) in [6, 6.07) is 0. The molecule has 0 radical (unpaired) electrons. The molecule has 0 saturated carbocycles. The number of unbranched alkanes of at least 4 members (excludes halogenated alkanes) is 1. The SMILES string of the molecule is CCCNCCCCS(=O)(=O)NCc1cn(C)nc1CC. The Kier molecular flexibility index (Phi) is 7.92. The molecule has 0 unspecified atom stereocenters. The van der Waals surface area contributed by atoms with E-state index < -0.39 is 10.0 Å². The van der Waals surface area contributed by atoms with E-state index in [-0.39, 0.29) is 5.75 Å². The number of aryl methyl sites for hydroxylation is 2. The molecule has 0 amide bonds. The number of aromatic nitrogens is 2. The van der Waals surface area contributed by atoms with Gasteiger partial charge in [-0.3, -0.25) is 4.68 Å². The molecule has 0 bridgehead atoms. The van der Waals surface area contributed by atoms with Gasteiger partial charge in [-0.2, -0.15) is 5.10 Å². The molecule has 0 aliphatic rings. The highest BCUT2D eigenvalue weighted by molar-refractivity contribution is 7.89. The molecule has 0 aliphatic carbocycles. The molecular weight excluding hydrogens is 288 g/mol. The molecule has 21 heavy (non-hydrogen) atoms. The van der Waals surface area contributed by atoms with Crippen LogP contribution in [0.25, 0.3) is 0 Å². The van der Waals surface area contributed by atoms with Crippen LogP contribution in [0.2, 0.25) is 0 Å². The normalized spacial score (nSPS) is 12.0. The van der Waals surface area contributed by atoms with E-state index in [0.717, 1.165) is 43.6 Å². The topological polar surface area (TPSA) is 76.0 Å². The Balaban J connectivity index is 2.32. The predicted octanol–water partition coefficient (Wildman–Crippen LogP) is 1.18. The Bertz CT molecular complexity index is 511. The summed E-state index contributed by atoms with van der Waals surface area (Å²) in [6.07, 6.45) is 5.34. The second-order valence-electron chi connectivity index (χ2n) is 5.23. The van der Waals surface area contributed by atoms with Gasteiger partial charge in [0.1, 0.15) is 0 Å². The van der Waals surface area contributed by atoms with E-state index in [0.29, 0.717) is 13.0 Å². The lowest BCUT2D eigenvalue weighted by atomic mass is 10.2. The van der Waals surface area contributed by atoms with E-state index in [4.69, 9.17) is 0 Å². The number of sulfonamides is 1. The summed E-state index contributed by atoms with van der Waals surface area (Å²) < 4.78 is 28.3. The molecule has 6 nitrogen and oxygen atoms in total. The second-order valence-corrected chi connectivity index (χ2v) is 7.15. The zero-order chi connectivity index (χ0) is 15.7. The predicted molar refractivity (Wildman–Crippen MR) is 85.6 cm³/mol. The zero-order valence-corrected chi connectivity index (χ0v) is 14.2. The van der Waals surface area contributed by atoms with Crippen LogP contribution in [0.5, 0.6) is 0 Å². The molecule has 0 saturated heterocycles. The zero-order valence-electron chi connectivity index (χ0n) is 13.4. The second kappa shape index (κ2) is 9.17. The first kappa shape index (κ1) is 18.1. The maximum Gasteiger partial charge on any atom is 0.211 e. The van der Waals surface area contributed by atoms with Crippen molar-refractivity contribution < 1.29 is 8.42 Å². The Morgan fingerprint density at radius 1 is 1.24 bits per heavy atom. The van der Waals surface area contributed by atoms with Crippen LogP contribution in [0.4, 0.5) is 0 Å². The maximum absolute atomic E-state index is 11.9. The first-order valence-corrected chi connectivity index (χ1v) is 9.33. The van der Waals surface area contributed by atoms with Crippen LogP contribution < -0.4 is 10.0 Å². The van der Waals surface area contributed by atoms with Crippen molar-refractivity contribution in [3.63, 3.8) is 0 Å². The summed E-state index contributed by atoms with van der Waals surface area (Å²) in [7, 11) is -1.36. The third-order valence-corrected chi connectivity index (χ3v) is 4.66. The van der Waals surface area contributed by atoms with Crippen LogP contribution in [0.15, 0.2) is 6.20 Å². The molecule has 1 aromatic rings. The minimum absolute atomic E-state index is 0.183. The van der Waals surface area contributed by atoms with Crippen molar-refractivity contribution in [2.24, 2.45) is 7.05 Å². The molecular formula is C14H28N4O2S. The maximum atomic E-state index is 11.9. The Morgan fingerprint density at radius 2 is 2.00 bits per heavy atom. The van der Waals surface area contributed by atoms with E-state index in [1.165, 1.54) is 0 Å². The van der Waals surface area contributed by atoms with Gasteiger partial charge >= 0.3 is 0 Å². The molecule has 0 spiro atoms. The van der Waals surface area contributed by atoms with Crippen molar-refractivity contribution >= 4 is 10.0 Å². The lowest BCUT2D eigenvalue weighted by molar-refractivity contribution is 0.572. The average Bonchev–Trinajstić information content (AvgIpc) is 2.81. The van der Waals surface area contributed by atoms with Crippen LogP contribution in [0.1, 0.15) is 44.4 Å². The fourth-order valence-corrected chi connectivity index (χ4v) is 3.24. The number of rotatable bonds is 11. The highest BCUT2D eigenvalue weighted by Crippen LogP contribution is 2.07. The first-order valence-electron chi connectivity index (χ1n) is 7.68. The Hall–Kier alpha value is -0.920. The van der Waals surface area contributed by atoms with Gasteiger partial charge in [0.2, 0.25) is 10.0 Å². The van der Waals surface area contributed by atoms with Gasteiger partial charge in [-0.05, 0) is 38.8 Å². The third kappa shape index (κ3) is 7.06. The van der Waals surface area contributed by atoms with Gasteiger partial charge in [0.25, 0.3) is 0 Å². The van der Waals surface area contributed by atoms with Gasteiger partial charge in [0, 0.05) is 25.4 Å². The van der Waals surface area contributed by atoms with Gasteiger partial charge in [-0.15, -0.1) is 0 Å². The molecule has 122 valence electrons. The number of hydrogen-bond donors (Lipinski definition) is 2. The molecule has 0 atom stereocenters. The van der Waals surface area contributed by atoms with Crippen molar-refractivity contribution in [1.82, 2.24) is 19.8 Å². The van der Waals surface area contributed by atoms with E-state index in [9.17, 15) is 8.42 Å². The van der Waals surface area contributed by atoms with Crippen molar-refractivity contribution in [3.05, 3.63) is 17.5 Å². The minimum Gasteiger partial charge on any atom is -0.317 e.